The van der Waals surface area contributed by atoms with Gasteiger partial charge < -0.3 is 5.32 Å². The second-order valence-electron chi connectivity index (χ2n) is 9.86. The van der Waals surface area contributed by atoms with Gasteiger partial charge in [-0.1, -0.05) is 45.9 Å². The average Bonchev–Trinajstić information content (AvgIpc) is 3.06. The molecule has 0 spiro atoms. The minimum atomic E-state index is -4.34. The van der Waals surface area contributed by atoms with E-state index in [1.165, 1.54) is 24.3 Å². The highest BCUT2D eigenvalue weighted by molar-refractivity contribution is 14.1. The molecule has 11 heteroatoms. The summed E-state index contributed by atoms with van der Waals surface area (Å²) < 4.78 is 66.3. The standard InChI is InChI=1S/C27H31IN2O6S2/c1-6-29-24(26(2,3)20-16-18(37(31,32)33)12-14-22(20)28)10-8-7-9-11-25-27(4,5)21-17-19(38(34,35)36)13-15-23(21)30-25/h7-17,30H,6H2,1-5H3,(H,31,32,33)(H,34,35,36)/b9-7+,10-8+,25-11+,29-24?. The predicted molar refractivity (Wildman–Crippen MR) is 159 cm³/mol. The number of hydrogen-bond acceptors (Lipinski definition) is 6. The van der Waals surface area contributed by atoms with Crippen LogP contribution < -0.4 is 5.32 Å². The molecule has 0 amide bonds. The van der Waals surface area contributed by atoms with Gasteiger partial charge in [-0.25, -0.2) is 0 Å². The Morgan fingerprint density at radius 3 is 2.21 bits per heavy atom. The van der Waals surface area contributed by atoms with Gasteiger partial charge in [-0.05, 0) is 89.2 Å². The maximum atomic E-state index is 11.7. The third-order valence-electron chi connectivity index (χ3n) is 6.52. The zero-order valence-electron chi connectivity index (χ0n) is 21.7. The van der Waals surface area contributed by atoms with Crippen LogP contribution in [0.1, 0.15) is 45.7 Å². The van der Waals surface area contributed by atoms with Crippen LogP contribution in [0.15, 0.2) is 87.3 Å². The van der Waals surface area contributed by atoms with Crippen molar-refractivity contribution in [3.63, 3.8) is 0 Å². The van der Waals surface area contributed by atoms with Crippen molar-refractivity contribution in [3.8, 4) is 0 Å². The first-order valence-electron chi connectivity index (χ1n) is 11.8. The maximum Gasteiger partial charge on any atom is 0.294 e. The Balaban J connectivity index is 1.86. The lowest BCUT2D eigenvalue weighted by Gasteiger charge is -2.27. The van der Waals surface area contributed by atoms with Crippen molar-refractivity contribution >= 4 is 54.2 Å². The molecule has 1 heterocycles. The Morgan fingerprint density at radius 2 is 1.61 bits per heavy atom. The molecule has 3 rings (SSSR count). The Kier molecular flexibility index (Phi) is 8.79. The summed E-state index contributed by atoms with van der Waals surface area (Å²) in [6.45, 7) is 10.3. The second-order valence-corrected chi connectivity index (χ2v) is 13.9. The van der Waals surface area contributed by atoms with Crippen molar-refractivity contribution in [2.24, 2.45) is 4.99 Å². The van der Waals surface area contributed by atoms with E-state index in [4.69, 9.17) is 0 Å². The number of nitrogens with one attached hydrogen (secondary N) is 1. The highest BCUT2D eigenvalue weighted by Gasteiger charge is 2.35. The van der Waals surface area contributed by atoms with Gasteiger partial charge >= 0.3 is 0 Å². The molecule has 0 bridgehead atoms. The van der Waals surface area contributed by atoms with E-state index < -0.39 is 31.1 Å². The third kappa shape index (κ3) is 6.45. The Hall–Kier alpha value is -2.32. The topological polar surface area (TPSA) is 133 Å². The molecule has 0 aliphatic carbocycles. The van der Waals surface area contributed by atoms with Crippen molar-refractivity contribution < 1.29 is 25.9 Å². The molecule has 1 aliphatic rings. The van der Waals surface area contributed by atoms with E-state index >= 15 is 0 Å². The van der Waals surface area contributed by atoms with Crippen molar-refractivity contribution in [2.75, 3.05) is 11.9 Å². The molecule has 0 radical (unpaired) electrons. The van der Waals surface area contributed by atoms with E-state index in [1.807, 2.05) is 65.0 Å². The summed E-state index contributed by atoms with van der Waals surface area (Å²) in [4.78, 5) is 4.33. The van der Waals surface area contributed by atoms with E-state index in [0.29, 0.717) is 6.54 Å². The summed E-state index contributed by atoms with van der Waals surface area (Å²) in [6, 6.07) is 9.00. The summed E-state index contributed by atoms with van der Waals surface area (Å²) in [5.74, 6) is 0. The molecular weight excluding hydrogens is 639 g/mol. The van der Waals surface area contributed by atoms with E-state index in [0.717, 1.165) is 31.8 Å². The molecule has 8 nitrogen and oxygen atoms in total. The number of rotatable bonds is 8. The van der Waals surface area contributed by atoms with Gasteiger partial charge in [0.1, 0.15) is 0 Å². The van der Waals surface area contributed by atoms with Gasteiger partial charge in [0.2, 0.25) is 0 Å². The van der Waals surface area contributed by atoms with Gasteiger partial charge in [0.25, 0.3) is 20.2 Å². The molecule has 0 atom stereocenters. The number of allylic oxidation sites excluding steroid dienone is 6. The number of fused-ring (bicyclic) bond motifs is 1. The fourth-order valence-corrected chi connectivity index (χ4v) is 6.30. The van der Waals surface area contributed by atoms with Gasteiger partial charge in [0.15, 0.2) is 0 Å². The monoisotopic (exact) mass is 670 g/mol. The van der Waals surface area contributed by atoms with Crippen LogP contribution in [-0.2, 0) is 31.1 Å². The smallest absolute Gasteiger partial charge is 0.294 e. The second kappa shape index (κ2) is 11.0. The molecule has 1 aliphatic heterocycles. The Labute approximate surface area is 238 Å². The Morgan fingerprint density at radius 1 is 1.00 bits per heavy atom. The minimum absolute atomic E-state index is 0.145. The zero-order valence-corrected chi connectivity index (χ0v) is 25.5. The predicted octanol–water partition coefficient (Wildman–Crippen LogP) is 5.92. The quantitative estimate of drug-likeness (QED) is 0.137. The lowest BCUT2D eigenvalue weighted by atomic mass is 9.79. The fraction of sp³-hybridized carbons (Fsp3) is 0.296. The van der Waals surface area contributed by atoms with Crippen LogP contribution >= 0.6 is 22.6 Å². The van der Waals surface area contributed by atoms with Gasteiger partial charge in [0.05, 0.1) is 9.79 Å². The van der Waals surface area contributed by atoms with Crippen molar-refractivity contribution in [2.45, 2.75) is 55.2 Å². The highest BCUT2D eigenvalue weighted by atomic mass is 127. The summed E-state index contributed by atoms with van der Waals surface area (Å²) in [6.07, 6.45) is 9.32. The normalized spacial score (nSPS) is 17.4. The molecule has 204 valence electrons. The number of aliphatic imine (C=N–C) groups is 1. The molecule has 0 fully saturated rings. The third-order valence-corrected chi connectivity index (χ3v) is 9.16. The van der Waals surface area contributed by atoms with Crippen LogP contribution in [0, 0.1) is 3.57 Å². The SMILES string of the molecule is CCN=C(/C=C/C=C/C=C1/Nc2ccc(S(=O)(=O)O)cc2C1(C)C)C(C)(C)c1cc(S(=O)(=O)O)ccc1I. The molecule has 3 N–H and O–H groups in total. The van der Waals surface area contributed by atoms with Crippen LogP contribution in [0.5, 0.6) is 0 Å². The number of anilines is 1. The van der Waals surface area contributed by atoms with Gasteiger partial charge in [0, 0.05) is 38.0 Å². The maximum absolute atomic E-state index is 11.7. The number of nitrogens with zero attached hydrogens (tertiary/aromatic N) is 1. The van der Waals surface area contributed by atoms with Gasteiger partial charge in [-0.3, -0.25) is 14.1 Å². The van der Waals surface area contributed by atoms with Crippen LogP contribution in [0.4, 0.5) is 5.69 Å². The molecule has 2 aromatic carbocycles. The molecular formula is C27H31IN2O6S2. The van der Waals surface area contributed by atoms with Crippen molar-refractivity contribution in [1.82, 2.24) is 0 Å². The number of hydrogen-bond donors (Lipinski definition) is 3. The first kappa shape index (κ1) is 30.2. The van der Waals surface area contributed by atoms with Crippen molar-refractivity contribution in [1.29, 1.82) is 0 Å². The number of halogens is 1. The molecule has 38 heavy (non-hydrogen) atoms. The van der Waals surface area contributed by atoms with E-state index in [1.54, 1.807) is 12.1 Å². The largest absolute Gasteiger partial charge is 0.358 e. The van der Waals surface area contributed by atoms with Crippen LogP contribution in [0.3, 0.4) is 0 Å². The van der Waals surface area contributed by atoms with Crippen LogP contribution in [0.2, 0.25) is 0 Å². The van der Waals surface area contributed by atoms with E-state index in [-0.39, 0.29) is 9.79 Å². The zero-order chi connectivity index (χ0) is 28.5. The lowest BCUT2D eigenvalue weighted by Crippen LogP contribution is -2.29. The first-order chi connectivity index (χ1) is 17.5. The molecule has 0 saturated carbocycles. The summed E-state index contributed by atoms with van der Waals surface area (Å²) >= 11 is 2.14. The van der Waals surface area contributed by atoms with Gasteiger partial charge in [-0.2, -0.15) is 16.8 Å². The molecule has 2 aromatic rings. The van der Waals surface area contributed by atoms with Crippen molar-refractivity contribution in [3.05, 3.63) is 87.2 Å². The summed E-state index contributed by atoms with van der Waals surface area (Å²) in [7, 11) is -8.64. The summed E-state index contributed by atoms with van der Waals surface area (Å²) in [5, 5.41) is 3.31. The van der Waals surface area contributed by atoms with Crippen LogP contribution in [-0.4, -0.2) is 38.2 Å². The summed E-state index contributed by atoms with van der Waals surface area (Å²) in [5.41, 5.74) is 2.74. The van der Waals surface area contributed by atoms with E-state index in [9.17, 15) is 25.9 Å². The van der Waals surface area contributed by atoms with Gasteiger partial charge in [-0.15, -0.1) is 0 Å². The Bertz CT molecular complexity index is 1590. The molecule has 0 aromatic heterocycles. The van der Waals surface area contributed by atoms with Crippen LogP contribution in [0.25, 0.3) is 0 Å². The molecule has 0 unspecified atom stereocenters. The minimum Gasteiger partial charge on any atom is -0.358 e. The lowest BCUT2D eigenvalue weighted by molar-refractivity contribution is 0.480. The first-order valence-corrected chi connectivity index (χ1v) is 15.7. The fourth-order valence-electron chi connectivity index (χ4n) is 4.28. The molecule has 0 saturated heterocycles. The highest BCUT2D eigenvalue weighted by Crippen LogP contribution is 2.44. The number of benzene rings is 2. The average molecular weight is 671 g/mol. The van der Waals surface area contributed by atoms with E-state index in [2.05, 4.69) is 32.9 Å².